The van der Waals surface area contributed by atoms with Gasteiger partial charge in [0.05, 0.1) is 19.1 Å². The molecule has 0 bridgehead atoms. The molecule has 0 aromatic heterocycles. The summed E-state index contributed by atoms with van der Waals surface area (Å²) in [6.45, 7) is 4.10. The van der Waals surface area contributed by atoms with Crippen LogP contribution < -0.4 is 0 Å². The normalized spacial score (nSPS) is 12.6. The van der Waals surface area contributed by atoms with Crippen molar-refractivity contribution in [2.45, 2.75) is 33.1 Å². The molecule has 0 saturated heterocycles. The smallest absolute Gasteiger partial charge is 0.308 e. The molecule has 3 nitrogen and oxygen atoms in total. The van der Waals surface area contributed by atoms with Crippen molar-refractivity contribution in [3.63, 3.8) is 0 Å². The third-order valence-corrected chi connectivity index (χ3v) is 1.80. The molecule has 0 aliphatic rings. The predicted octanol–water partition coefficient (Wildman–Crippen LogP) is 1.79. The van der Waals surface area contributed by atoms with E-state index in [-0.39, 0.29) is 18.5 Å². The zero-order chi connectivity index (χ0) is 9.40. The third kappa shape index (κ3) is 5.13. The van der Waals surface area contributed by atoms with Gasteiger partial charge in [0.2, 0.25) is 0 Å². The topological polar surface area (TPSA) is 46.2 Å². The Morgan fingerprint density at radius 2 is 2.08 bits per heavy atom. The molecule has 0 spiro atoms. The summed E-state index contributed by atoms with van der Waals surface area (Å²) < 4.78 is 4.92. The van der Waals surface area contributed by atoms with Crippen LogP contribution in [0.3, 0.4) is 0 Å². The van der Waals surface area contributed by atoms with E-state index >= 15 is 0 Å². The van der Waals surface area contributed by atoms with Crippen LogP contribution in [0.25, 0.3) is 0 Å². The van der Waals surface area contributed by atoms with E-state index in [9.17, 15) is 9.90 Å². The molecule has 0 aliphatic carbocycles. The van der Waals surface area contributed by atoms with Crippen LogP contribution in [0.2, 0.25) is 0 Å². The lowest BCUT2D eigenvalue weighted by Crippen LogP contribution is -2.14. The minimum absolute atomic E-state index is 0.0164. The molecule has 0 aromatic rings. The molecular weight excluding hydrogens is 156 g/mol. The van der Waals surface area contributed by atoms with E-state index in [1.54, 1.807) is 0 Å². The Morgan fingerprint density at radius 1 is 1.42 bits per heavy atom. The second-order valence-electron chi connectivity index (χ2n) is 2.89. The van der Waals surface area contributed by atoms with Gasteiger partial charge in [0.1, 0.15) is 0 Å². The average molecular weight is 173 g/mol. The summed E-state index contributed by atoms with van der Waals surface area (Å²) in [6.07, 6.45) is 2.08. The van der Waals surface area contributed by atoms with Crippen LogP contribution in [0.4, 0.5) is 0 Å². The fourth-order valence-corrected chi connectivity index (χ4v) is 0.686. The number of carbonyl (C=O) groups excluding carboxylic acids is 1. The molecular formula is C9H17O3. The van der Waals surface area contributed by atoms with Crippen molar-refractivity contribution in [3.8, 4) is 0 Å². The van der Waals surface area contributed by atoms with Crippen LogP contribution in [-0.4, -0.2) is 19.2 Å². The van der Waals surface area contributed by atoms with Gasteiger partial charge >= 0.3 is 5.97 Å². The summed E-state index contributed by atoms with van der Waals surface area (Å²) in [6, 6.07) is 0. The maximum absolute atomic E-state index is 11.0. The van der Waals surface area contributed by atoms with Gasteiger partial charge in [-0.05, 0) is 19.3 Å². The predicted molar refractivity (Wildman–Crippen MR) is 45.2 cm³/mol. The molecule has 12 heavy (non-hydrogen) atoms. The second-order valence-corrected chi connectivity index (χ2v) is 2.89. The van der Waals surface area contributed by atoms with Crippen LogP contribution in [0, 0.1) is 5.92 Å². The SMILES string of the molecule is CCC(C)C(=O)OCCCC[O]. The number of unbranched alkanes of at least 4 members (excludes halogenated alkanes) is 1. The zero-order valence-electron chi connectivity index (χ0n) is 7.84. The van der Waals surface area contributed by atoms with Gasteiger partial charge in [-0.25, -0.2) is 5.11 Å². The molecule has 0 rings (SSSR count). The van der Waals surface area contributed by atoms with E-state index in [1.165, 1.54) is 0 Å². The Balaban J connectivity index is 3.31. The van der Waals surface area contributed by atoms with E-state index in [1.807, 2.05) is 13.8 Å². The van der Waals surface area contributed by atoms with E-state index in [0.29, 0.717) is 19.4 Å². The number of hydrogen-bond donors (Lipinski definition) is 0. The highest BCUT2D eigenvalue weighted by atomic mass is 16.5. The molecule has 0 aromatic carbocycles. The van der Waals surface area contributed by atoms with Gasteiger partial charge in [-0.3, -0.25) is 4.79 Å². The van der Waals surface area contributed by atoms with Crippen molar-refractivity contribution in [2.24, 2.45) is 5.92 Å². The highest BCUT2D eigenvalue weighted by Crippen LogP contribution is 2.03. The van der Waals surface area contributed by atoms with Gasteiger partial charge in [0.25, 0.3) is 0 Å². The molecule has 0 saturated carbocycles. The van der Waals surface area contributed by atoms with Gasteiger partial charge in [-0.15, -0.1) is 0 Å². The average Bonchev–Trinajstić information content (AvgIpc) is 2.10. The van der Waals surface area contributed by atoms with Crippen LogP contribution in [0.1, 0.15) is 33.1 Å². The monoisotopic (exact) mass is 173 g/mol. The van der Waals surface area contributed by atoms with Crippen molar-refractivity contribution < 1.29 is 14.6 Å². The number of hydrogen-bond acceptors (Lipinski definition) is 2. The number of esters is 1. The summed E-state index contributed by atoms with van der Waals surface area (Å²) >= 11 is 0. The van der Waals surface area contributed by atoms with Gasteiger partial charge in [0.15, 0.2) is 0 Å². The highest BCUT2D eigenvalue weighted by molar-refractivity contribution is 5.71. The first kappa shape index (κ1) is 11.4. The van der Waals surface area contributed by atoms with Crippen molar-refractivity contribution in [1.29, 1.82) is 0 Å². The number of rotatable bonds is 6. The Kier molecular flexibility index (Phi) is 6.76. The molecule has 71 valence electrons. The van der Waals surface area contributed by atoms with Crippen LogP contribution in [0.5, 0.6) is 0 Å². The summed E-state index contributed by atoms with van der Waals surface area (Å²) in [5.74, 6) is -0.166. The Morgan fingerprint density at radius 3 is 2.58 bits per heavy atom. The van der Waals surface area contributed by atoms with Crippen LogP contribution in [-0.2, 0) is 14.6 Å². The fraction of sp³-hybridized carbons (Fsp3) is 0.889. The third-order valence-electron chi connectivity index (χ3n) is 1.80. The lowest BCUT2D eigenvalue weighted by Gasteiger charge is -2.08. The maximum atomic E-state index is 11.0. The highest BCUT2D eigenvalue weighted by Gasteiger charge is 2.10. The summed E-state index contributed by atoms with van der Waals surface area (Å²) in [5, 5.41) is 10.0. The Bertz CT molecular complexity index is 123. The summed E-state index contributed by atoms with van der Waals surface area (Å²) in [5.41, 5.74) is 0. The fourth-order valence-electron chi connectivity index (χ4n) is 0.686. The first-order valence-corrected chi connectivity index (χ1v) is 4.47. The lowest BCUT2D eigenvalue weighted by atomic mass is 10.1. The molecule has 0 aliphatic heterocycles. The quantitative estimate of drug-likeness (QED) is 0.454. The largest absolute Gasteiger partial charge is 0.465 e. The van der Waals surface area contributed by atoms with Gasteiger partial charge in [-0.2, -0.15) is 0 Å². The summed E-state index contributed by atoms with van der Waals surface area (Å²) in [7, 11) is 0. The molecule has 1 unspecified atom stereocenters. The van der Waals surface area contributed by atoms with Gasteiger partial charge in [-0.1, -0.05) is 13.8 Å². The number of ether oxygens (including phenoxy) is 1. The molecule has 0 fully saturated rings. The van der Waals surface area contributed by atoms with Crippen LogP contribution in [0.15, 0.2) is 0 Å². The molecule has 0 N–H and O–H groups in total. The van der Waals surface area contributed by atoms with Crippen molar-refractivity contribution in [3.05, 3.63) is 0 Å². The van der Waals surface area contributed by atoms with Gasteiger partial charge in [0, 0.05) is 0 Å². The standard InChI is InChI=1S/C9H17O3/c1-3-8(2)9(11)12-7-5-4-6-10/h8H,3-7H2,1-2H3. The molecule has 1 radical (unpaired) electrons. The molecule has 0 amide bonds. The molecule has 1 atom stereocenters. The second kappa shape index (κ2) is 7.10. The van der Waals surface area contributed by atoms with E-state index in [2.05, 4.69) is 0 Å². The summed E-state index contributed by atoms with van der Waals surface area (Å²) in [4.78, 5) is 11.0. The molecule has 3 heteroatoms. The Hall–Kier alpha value is -0.570. The van der Waals surface area contributed by atoms with Crippen LogP contribution >= 0.6 is 0 Å². The van der Waals surface area contributed by atoms with Crippen molar-refractivity contribution in [1.82, 2.24) is 0 Å². The van der Waals surface area contributed by atoms with Crippen molar-refractivity contribution in [2.75, 3.05) is 13.2 Å². The van der Waals surface area contributed by atoms with Gasteiger partial charge < -0.3 is 4.74 Å². The minimum atomic E-state index is -0.150. The van der Waals surface area contributed by atoms with E-state index in [4.69, 9.17) is 4.74 Å². The Labute approximate surface area is 73.7 Å². The van der Waals surface area contributed by atoms with E-state index in [0.717, 1.165) is 6.42 Å². The van der Waals surface area contributed by atoms with Crippen molar-refractivity contribution >= 4 is 5.97 Å². The lowest BCUT2D eigenvalue weighted by molar-refractivity contribution is -0.148. The zero-order valence-corrected chi connectivity index (χ0v) is 7.84. The van der Waals surface area contributed by atoms with E-state index < -0.39 is 0 Å². The maximum Gasteiger partial charge on any atom is 0.308 e. The molecule has 0 heterocycles. The minimum Gasteiger partial charge on any atom is -0.465 e. The number of carbonyl (C=O) groups is 1. The first-order valence-electron chi connectivity index (χ1n) is 4.47. The first-order chi connectivity index (χ1) is 5.72.